The Balaban J connectivity index is 1.77. The summed E-state index contributed by atoms with van der Waals surface area (Å²) in [6.45, 7) is 13.9. The Morgan fingerprint density at radius 2 is 1.82 bits per heavy atom. The molecule has 6 heteroatoms. The number of hydrogen-bond acceptors (Lipinski definition) is 4. The molecule has 5 nitrogen and oxygen atoms in total. The minimum absolute atomic E-state index is 0.0804. The maximum atomic E-state index is 13.4. The number of aryl methyl sites for hydroxylation is 2. The predicted octanol–water partition coefficient (Wildman–Crippen LogP) is 5.25. The number of carbonyl (C=O) groups excluding carboxylic acids is 2. The average Bonchev–Trinajstić information content (AvgIpc) is 2.72. The minimum Gasteiger partial charge on any atom is -0.366 e. The molecule has 0 aromatic heterocycles. The molecule has 1 N–H and O–H groups in total. The van der Waals surface area contributed by atoms with Gasteiger partial charge in [-0.2, -0.15) is 0 Å². The van der Waals surface area contributed by atoms with E-state index in [0.717, 1.165) is 29.7 Å². The molecule has 2 amide bonds. The van der Waals surface area contributed by atoms with E-state index in [0.29, 0.717) is 11.6 Å². The molecule has 2 aromatic rings. The van der Waals surface area contributed by atoms with Gasteiger partial charge in [0.05, 0.1) is 5.69 Å². The summed E-state index contributed by atoms with van der Waals surface area (Å²) in [6.07, 6.45) is 2.75. The van der Waals surface area contributed by atoms with E-state index in [4.69, 9.17) is 12.2 Å². The van der Waals surface area contributed by atoms with Crippen molar-refractivity contribution in [3.63, 3.8) is 0 Å². The number of anilines is 2. The van der Waals surface area contributed by atoms with E-state index in [2.05, 4.69) is 50.0 Å². The first kappa shape index (κ1) is 23.2. The maximum Gasteiger partial charge on any atom is 0.270 e. The standard InChI is InChI=1S/C27H31N3O2S/c1-7-29-23-12-17(3)19(13-21(23)18(4)15-27(29,5)6)14-22-24(31)28-26(33)30(25(22)32)20-10-8-16(2)9-11-20/h8-14,18H,7,15H2,1-6H3,(H,28,31,33)/b22-14+/t18-/m1/s1. The molecule has 0 spiro atoms. The highest BCUT2D eigenvalue weighted by Crippen LogP contribution is 2.44. The van der Waals surface area contributed by atoms with Gasteiger partial charge in [0.25, 0.3) is 11.8 Å². The molecule has 2 heterocycles. The molecule has 1 atom stereocenters. The third kappa shape index (κ3) is 4.08. The Morgan fingerprint density at radius 1 is 1.15 bits per heavy atom. The van der Waals surface area contributed by atoms with Crippen LogP contribution in [0.2, 0.25) is 0 Å². The highest BCUT2D eigenvalue weighted by atomic mass is 32.1. The van der Waals surface area contributed by atoms with Gasteiger partial charge in [-0.05, 0) is 106 Å². The Bertz CT molecular complexity index is 1180. The zero-order valence-corrected chi connectivity index (χ0v) is 21.0. The van der Waals surface area contributed by atoms with Crippen LogP contribution < -0.4 is 15.1 Å². The molecule has 0 radical (unpaired) electrons. The van der Waals surface area contributed by atoms with Crippen LogP contribution in [0.4, 0.5) is 11.4 Å². The molecule has 0 unspecified atom stereocenters. The van der Waals surface area contributed by atoms with E-state index in [1.807, 2.05) is 38.1 Å². The smallest absolute Gasteiger partial charge is 0.270 e. The first-order chi connectivity index (χ1) is 15.5. The highest BCUT2D eigenvalue weighted by Gasteiger charge is 2.37. The molecule has 1 fully saturated rings. The largest absolute Gasteiger partial charge is 0.366 e. The number of benzene rings is 2. The van der Waals surface area contributed by atoms with Crippen LogP contribution in [0.1, 0.15) is 62.3 Å². The van der Waals surface area contributed by atoms with Crippen LogP contribution >= 0.6 is 12.2 Å². The van der Waals surface area contributed by atoms with Gasteiger partial charge in [-0.25, -0.2) is 0 Å². The summed E-state index contributed by atoms with van der Waals surface area (Å²) in [5.41, 5.74) is 6.29. The van der Waals surface area contributed by atoms with Gasteiger partial charge in [0, 0.05) is 17.8 Å². The summed E-state index contributed by atoms with van der Waals surface area (Å²) in [4.78, 5) is 30.0. The van der Waals surface area contributed by atoms with Gasteiger partial charge in [0.15, 0.2) is 5.11 Å². The van der Waals surface area contributed by atoms with Crippen molar-refractivity contribution in [2.75, 3.05) is 16.3 Å². The van der Waals surface area contributed by atoms with Crippen LogP contribution in [0.3, 0.4) is 0 Å². The van der Waals surface area contributed by atoms with E-state index in [1.54, 1.807) is 6.08 Å². The summed E-state index contributed by atoms with van der Waals surface area (Å²) in [7, 11) is 0. The fraction of sp³-hybridized carbons (Fsp3) is 0.370. The van der Waals surface area contributed by atoms with Crippen LogP contribution in [-0.2, 0) is 9.59 Å². The van der Waals surface area contributed by atoms with Gasteiger partial charge < -0.3 is 4.90 Å². The lowest BCUT2D eigenvalue weighted by Crippen LogP contribution is -2.54. The molecule has 0 bridgehead atoms. The molecule has 2 aliphatic heterocycles. The van der Waals surface area contributed by atoms with Gasteiger partial charge in [-0.15, -0.1) is 0 Å². The zero-order valence-electron chi connectivity index (χ0n) is 20.2. The van der Waals surface area contributed by atoms with Crippen molar-refractivity contribution in [2.45, 2.75) is 59.4 Å². The highest BCUT2D eigenvalue weighted by molar-refractivity contribution is 7.80. The third-order valence-electron chi connectivity index (χ3n) is 6.78. The van der Waals surface area contributed by atoms with Gasteiger partial charge in [0.1, 0.15) is 5.57 Å². The van der Waals surface area contributed by atoms with Crippen molar-refractivity contribution >= 4 is 46.6 Å². The molecule has 2 aromatic carbocycles. The molecule has 0 aliphatic carbocycles. The molecular weight excluding hydrogens is 430 g/mol. The van der Waals surface area contributed by atoms with Crippen LogP contribution in [0.15, 0.2) is 42.0 Å². The summed E-state index contributed by atoms with van der Waals surface area (Å²) >= 11 is 5.32. The summed E-state index contributed by atoms with van der Waals surface area (Å²) in [6, 6.07) is 11.8. The van der Waals surface area contributed by atoms with Crippen molar-refractivity contribution < 1.29 is 9.59 Å². The lowest BCUT2D eigenvalue weighted by atomic mass is 9.79. The molecule has 4 rings (SSSR count). The predicted molar refractivity (Wildman–Crippen MR) is 139 cm³/mol. The minimum atomic E-state index is -0.463. The van der Waals surface area contributed by atoms with E-state index >= 15 is 0 Å². The monoisotopic (exact) mass is 461 g/mol. The summed E-state index contributed by atoms with van der Waals surface area (Å²) < 4.78 is 0. The second kappa shape index (κ2) is 8.41. The second-order valence-electron chi connectivity index (χ2n) is 9.72. The number of amides is 2. The van der Waals surface area contributed by atoms with Crippen LogP contribution in [0.5, 0.6) is 0 Å². The number of carbonyl (C=O) groups is 2. The van der Waals surface area contributed by atoms with Gasteiger partial charge in [-0.1, -0.05) is 24.6 Å². The lowest BCUT2D eigenvalue weighted by Gasteiger charge is -2.47. The quantitative estimate of drug-likeness (QED) is 0.386. The van der Waals surface area contributed by atoms with Crippen molar-refractivity contribution in [2.24, 2.45) is 0 Å². The molecule has 33 heavy (non-hydrogen) atoms. The normalized spacial score (nSPS) is 21.3. The number of hydrogen-bond donors (Lipinski definition) is 1. The summed E-state index contributed by atoms with van der Waals surface area (Å²) in [5.74, 6) is -0.494. The van der Waals surface area contributed by atoms with Gasteiger partial charge in [-0.3, -0.25) is 19.8 Å². The van der Waals surface area contributed by atoms with Gasteiger partial charge in [0.2, 0.25) is 0 Å². The Morgan fingerprint density at radius 3 is 2.45 bits per heavy atom. The Hall–Kier alpha value is -2.99. The topological polar surface area (TPSA) is 52.7 Å². The van der Waals surface area contributed by atoms with Crippen molar-refractivity contribution in [3.8, 4) is 0 Å². The number of nitrogens with one attached hydrogen (secondary N) is 1. The lowest BCUT2D eigenvalue weighted by molar-refractivity contribution is -0.122. The second-order valence-corrected chi connectivity index (χ2v) is 10.1. The van der Waals surface area contributed by atoms with Crippen LogP contribution in [-0.4, -0.2) is 29.0 Å². The van der Waals surface area contributed by atoms with Crippen molar-refractivity contribution in [1.29, 1.82) is 0 Å². The van der Waals surface area contributed by atoms with E-state index in [1.165, 1.54) is 16.2 Å². The van der Waals surface area contributed by atoms with E-state index in [-0.39, 0.29) is 16.2 Å². The van der Waals surface area contributed by atoms with E-state index in [9.17, 15) is 9.59 Å². The molecule has 172 valence electrons. The number of thiocarbonyl (C=S) groups is 1. The molecule has 1 saturated heterocycles. The van der Waals surface area contributed by atoms with Crippen LogP contribution in [0.25, 0.3) is 6.08 Å². The number of fused-ring (bicyclic) bond motifs is 1. The first-order valence-electron chi connectivity index (χ1n) is 11.4. The number of nitrogens with zero attached hydrogens (tertiary/aromatic N) is 2. The van der Waals surface area contributed by atoms with Crippen molar-refractivity contribution in [1.82, 2.24) is 5.32 Å². The fourth-order valence-corrected chi connectivity index (χ4v) is 5.43. The molecule has 2 aliphatic rings. The SMILES string of the molecule is CCN1c2cc(C)c(/C=C3\C(=O)NC(=S)N(c4ccc(C)cc4)C3=O)cc2[C@H](C)CC1(C)C. The van der Waals surface area contributed by atoms with Crippen LogP contribution in [0, 0.1) is 13.8 Å². The van der Waals surface area contributed by atoms with Gasteiger partial charge >= 0.3 is 0 Å². The first-order valence-corrected chi connectivity index (χ1v) is 11.8. The Kier molecular flexibility index (Phi) is 5.91. The Labute approximate surface area is 201 Å². The van der Waals surface area contributed by atoms with E-state index < -0.39 is 11.8 Å². The average molecular weight is 462 g/mol. The van der Waals surface area contributed by atoms with Crippen molar-refractivity contribution in [3.05, 3.63) is 64.2 Å². The molecule has 0 saturated carbocycles. The zero-order chi connectivity index (χ0) is 24.1. The third-order valence-corrected chi connectivity index (χ3v) is 7.07. The fourth-order valence-electron chi connectivity index (χ4n) is 5.15. The molecular formula is C27H31N3O2S. The summed E-state index contributed by atoms with van der Waals surface area (Å²) in [5, 5.41) is 2.78. The maximum absolute atomic E-state index is 13.4. The number of rotatable bonds is 3.